The Morgan fingerprint density at radius 3 is 2.48 bits per heavy atom. The van der Waals surface area contributed by atoms with E-state index in [4.69, 9.17) is 5.73 Å². The highest BCUT2D eigenvalue weighted by Crippen LogP contribution is 2.21. The van der Waals surface area contributed by atoms with Gasteiger partial charge < -0.3 is 5.73 Å². The van der Waals surface area contributed by atoms with Crippen LogP contribution in [0.3, 0.4) is 0 Å². The zero-order valence-corrected chi connectivity index (χ0v) is 11.8. The van der Waals surface area contributed by atoms with E-state index >= 15 is 0 Å². The second-order valence-electron chi connectivity index (χ2n) is 4.56. The van der Waals surface area contributed by atoms with Crippen molar-refractivity contribution < 1.29 is 8.42 Å². The number of hydrogen-bond acceptors (Lipinski definition) is 4. The van der Waals surface area contributed by atoms with Gasteiger partial charge in [-0.05, 0) is 42.5 Å². The molecule has 106 valence electrons. The van der Waals surface area contributed by atoms with E-state index in [-0.39, 0.29) is 4.90 Å². The first-order chi connectivity index (χ1) is 10.0. The number of sulfonamides is 1. The summed E-state index contributed by atoms with van der Waals surface area (Å²) >= 11 is 0. The van der Waals surface area contributed by atoms with Gasteiger partial charge in [-0.3, -0.25) is 4.72 Å². The third kappa shape index (κ3) is 2.80. The average Bonchev–Trinajstić information content (AvgIpc) is 2.47. The number of hydrogen-bond donors (Lipinski definition) is 2. The molecule has 0 amide bonds. The molecule has 0 unspecified atom stereocenters. The lowest BCUT2D eigenvalue weighted by Gasteiger charge is -2.08. The van der Waals surface area contributed by atoms with Gasteiger partial charge in [-0.1, -0.05) is 18.2 Å². The summed E-state index contributed by atoms with van der Waals surface area (Å²) in [6.07, 6.45) is 0. The molecule has 0 atom stereocenters. The van der Waals surface area contributed by atoms with Gasteiger partial charge in [0.2, 0.25) is 0 Å². The fourth-order valence-corrected chi connectivity index (χ4v) is 3.10. The van der Waals surface area contributed by atoms with Crippen molar-refractivity contribution in [3.05, 3.63) is 60.7 Å². The van der Waals surface area contributed by atoms with Gasteiger partial charge in [0, 0.05) is 11.1 Å². The van der Waals surface area contributed by atoms with E-state index < -0.39 is 10.0 Å². The van der Waals surface area contributed by atoms with E-state index in [2.05, 4.69) is 9.71 Å². The van der Waals surface area contributed by atoms with Crippen LogP contribution >= 0.6 is 0 Å². The topological polar surface area (TPSA) is 85.1 Å². The highest BCUT2D eigenvalue weighted by atomic mass is 32.2. The number of nitrogens with two attached hydrogens (primary N) is 1. The summed E-state index contributed by atoms with van der Waals surface area (Å²) in [6.45, 7) is 0. The number of pyridine rings is 1. The smallest absolute Gasteiger partial charge is 0.261 e. The highest BCUT2D eigenvalue weighted by molar-refractivity contribution is 7.92. The monoisotopic (exact) mass is 299 g/mol. The number of nitrogens with one attached hydrogen (secondary N) is 1. The van der Waals surface area contributed by atoms with Crippen molar-refractivity contribution in [3.8, 4) is 0 Å². The van der Waals surface area contributed by atoms with Gasteiger partial charge in [-0.25, -0.2) is 13.4 Å². The molecule has 0 spiro atoms. The molecule has 0 saturated heterocycles. The standard InChI is InChI=1S/C15H13N3O2S/c16-15-9-6-11-10-13(7-8-14(11)17-15)21(19,20)18-12-4-2-1-3-5-12/h1-10,18H,(H2,16,17). The quantitative estimate of drug-likeness (QED) is 0.778. The van der Waals surface area contributed by atoms with Crippen LogP contribution in [0, 0.1) is 0 Å². The van der Waals surface area contributed by atoms with Gasteiger partial charge in [-0.2, -0.15) is 0 Å². The molecular weight excluding hydrogens is 286 g/mol. The summed E-state index contributed by atoms with van der Waals surface area (Å²) in [4.78, 5) is 4.33. The van der Waals surface area contributed by atoms with Crippen molar-refractivity contribution in [2.45, 2.75) is 4.90 Å². The molecule has 0 fully saturated rings. The first-order valence-electron chi connectivity index (χ1n) is 6.29. The summed E-state index contributed by atoms with van der Waals surface area (Å²) < 4.78 is 27.2. The molecule has 21 heavy (non-hydrogen) atoms. The Morgan fingerprint density at radius 2 is 1.71 bits per heavy atom. The van der Waals surface area contributed by atoms with Crippen molar-refractivity contribution in [1.82, 2.24) is 4.98 Å². The molecule has 0 saturated carbocycles. The van der Waals surface area contributed by atoms with Gasteiger partial charge in [-0.15, -0.1) is 0 Å². The summed E-state index contributed by atoms with van der Waals surface area (Å²) in [5, 5.41) is 0.722. The Kier molecular flexibility index (Phi) is 3.23. The van der Waals surface area contributed by atoms with Crippen LogP contribution < -0.4 is 10.5 Å². The van der Waals surface area contributed by atoms with Crippen molar-refractivity contribution >= 4 is 32.4 Å². The molecule has 0 bridgehead atoms. The number of para-hydroxylation sites is 1. The van der Waals surface area contributed by atoms with Crippen molar-refractivity contribution in [3.63, 3.8) is 0 Å². The third-order valence-electron chi connectivity index (χ3n) is 3.02. The van der Waals surface area contributed by atoms with Gasteiger partial charge in [0.15, 0.2) is 0 Å². The predicted octanol–water partition coefficient (Wildman–Crippen LogP) is 2.62. The number of rotatable bonds is 3. The molecule has 3 rings (SSSR count). The lowest BCUT2D eigenvalue weighted by molar-refractivity contribution is 0.601. The molecule has 2 aromatic carbocycles. The van der Waals surface area contributed by atoms with Crippen LogP contribution in [0.1, 0.15) is 0 Å². The van der Waals surface area contributed by atoms with Gasteiger partial charge in [0.05, 0.1) is 10.4 Å². The first kappa shape index (κ1) is 13.4. The zero-order chi connectivity index (χ0) is 14.9. The summed E-state index contributed by atoms with van der Waals surface area (Å²) in [7, 11) is -3.62. The number of aromatic nitrogens is 1. The lowest BCUT2D eigenvalue weighted by atomic mass is 10.2. The second kappa shape index (κ2) is 5.06. The number of nitrogens with zero attached hydrogens (tertiary/aromatic N) is 1. The number of nitrogen functional groups attached to an aromatic ring is 1. The highest BCUT2D eigenvalue weighted by Gasteiger charge is 2.14. The molecule has 1 aromatic heterocycles. The molecule has 0 aliphatic carbocycles. The molecule has 0 aliphatic rings. The Bertz CT molecular complexity index is 893. The number of benzene rings is 2. The summed E-state index contributed by atoms with van der Waals surface area (Å²) in [6, 6.07) is 16.9. The van der Waals surface area contributed by atoms with Crippen molar-refractivity contribution in [2.75, 3.05) is 10.5 Å². The van der Waals surface area contributed by atoms with Crippen LogP contribution in [0.5, 0.6) is 0 Å². The normalized spacial score (nSPS) is 11.4. The summed E-state index contributed by atoms with van der Waals surface area (Å²) in [5.74, 6) is 0.403. The minimum Gasteiger partial charge on any atom is -0.384 e. The fourth-order valence-electron chi connectivity index (χ4n) is 2.01. The lowest BCUT2D eigenvalue weighted by Crippen LogP contribution is -2.12. The average molecular weight is 299 g/mol. The molecule has 3 N–H and O–H groups in total. The minimum absolute atomic E-state index is 0.186. The van der Waals surface area contributed by atoms with Gasteiger partial charge in [0.1, 0.15) is 5.82 Å². The zero-order valence-electron chi connectivity index (χ0n) is 11.0. The maximum atomic E-state index is 12.4. The van der Waals surface area contributed by atoms with E-state index in [1.165, 1.54) is 6.07 Å². The van der Waals surface area contributed by atoms with Crippen molar-refractivity contribution in [2.24, 2.45) is 0 Å². The van der Waals surface area contributed by atoms with Crippen LogP contribution in [0.4, 0.5) is 11.5 Å². The second-order valence-corrected chi connectivity index (χ2v) is 6.24. The molecule has 5 nitrogen and oxygen atoms in total. The fraction of sp³-hybridized carbons (Fsp3) is 0. The van der Waals surface area contributed by atoms with E-state index in [0.717, 1.165) is 5.39 Å². The number of anilines is 2. The molecule has 6 heteroatoms. The van der Waals surface area contributed by atoms with Crippen LogP contribution in [-0.4, -0.2) is 13.4 Å². The Hall–Kier alpha value is -2.60. The Labute approximate surface area is 122 Å². The van der Waals surface area contributed by atoms with E-state index in [1.54, 1.807) is 48.5 Å². The predicted molar refractivity (Wildman–Crippen MR) is 83.4 cm³/mol. The molecule has 0 radical (unpaired) electrons. The molecule has 0 aliphatic heterocycles. The van der Waals surface area contributed by atoms with Crippen LogP contribution in [0.25, 0.3) is 10.9 Å². The van der Waals surface area contributed by atoms with E-state index in [9.17, 15) is 8.42 Å². The molecule has 1 heterocycles. The molecular formula is C15H13N3O2S. The maximum absolute atomic E-state index is 12.4. The van der Waals surface area contributed by atoms with E-state index in [0.29, 0.717) is 17.0 Å². The SMILES string of the molecule is Nc1ccc2cc(S(=O)(=O)Nc3ccccc3)ccc2n1. The Morgan fingerprint density at radius 1 is 0.952 bits per heavy atom. The van der Waals surface area contributed by atoms with Crippen LogP contribution in [0.2, 0.25) is 0 Å². The number of fused-ring (bicyclic) bond motifs is 1. The minimum atomic E-state index is -3.62. The van der Waals surface area contributed by atoms with E-state index in [1.807, 2.05) is 6.07 Å². The first-order valence-corrected chi connectivity index (χ1v) is 7.77. The van der Waals surface area contributed by atoms with Crippen molar-refractivity contribution in [1.29, 1.82) is 0 Å². The van der Waals surface area contributed by atoms with Gasteiger partial charge in [0.25, 0.3) is 10.0 Å². The summed E-state index contributed by atoms with van der Waals surface area (Å²) in [5.41, 5.74) is 6.79. The van der Waals surface area contributed by atoms with Crippen LogP contribution in [0.15, 0.2) is 65.6 Å². The van der Waals surface area contributed by atoms with Gasteiger partial charge >= 0.3 is 0 Å². The molecule has 3 aromatic rings. The Balaban J connectivity index is 2.01. The maximum Gasteiger partial charge on any atom is 0.261 e. The largest absolute Gasteiger partial charge is 0.384 e. The van der Waals surface area contributed by atoms with Crippen LogP contribution in [-0.2, 0) is 10.0 Å². The third-order valence-corrected chi connectivity index (χ3v) is 4.40.